The Hall–Kier alpha value is -1.44. The number of hydrogen-bond acceptors (Lipinski definition) is 2. The van der Waals surface area contributed by atoms with Gasteiger partial charge in [-0.2, -0.15) is 17.6 Å². The van der Waals surface area contributed by atoms with Crippen molar-refractivity contribution in [3.05, 3.63) is 28.8 Å². The first kappa shape index (κ1) is 23.6. The second kappa shape index (κ2) is 11.4. The first-order valence-electron chi connectivity index (χ1n) is 9.20. The summed E-state index contributed by atoms with van der Waals surface area (Å²) in [5.74, 6) is -9.81. The zero-order chi connectivity index (χ0) is 20.4. The van der Waals surface area contributed by atoms with E-state index in [4.69, 9.17) is 4.74 Å². The van der Waals surface area contributed by atoms with Crippen LogP contribution in [0.5, 0.6) is 5.75 Å². The van der Waals surface area contributed by atoms with Gasteiger partial charge in [0.15, 0.2) is 17.4 Å². The van der Waals surface area contributed by atoms with Crippen LogP contribution in [0.25, 0.3) is 0 Å². The Labute approximate surface area is 155 Å². The lowest BCUT2D eigenvalue weighted by molar-refractivity contribution is -0.235. The lowest BCUT2D eigenvalue weighted by Crippen LogP contribution is -2.22. The molecule has 0 saturated carbocycles. The van der Waals surface area contributed by atoms with Crippen LogP contribution in [0, 0.1) is 23.3 Å². The summed E-state index contributed by atoms with van der Waals surface area (Å²) in [6.45, 7) is 1.96. The minimum absolute atomic E-state index is 0.178. The van der Waals surface area contributed by atoms with Crippen molar-refractivity contribution in [1.82, 2.24) is 0 Å². The Kier molecular flexibility index (Phi) is 9.98. The molecule has 0 radical (unpaired) electrons. The highest BCUT2D eigenvalue weighted by Gasteiger charge is 2.43. The van der Waals surface area contributed by atoms with Gasteiger partial charge in [0.25, 0.3) is 0 Å². The van der Waals surface area contributed by atoms with Crippen molar-refractivity contribution < 1.29 is 35.8 Å². The van der Waals surface area contributed by atoms with Gasteiger partial charge >= 0.3 is 6.11 Å². The van der Waals surface area contributed by atoms with E-state index in [9.17, 15) is 26.3 Å². The van der Waals surface area contributed by atoms with E-state index in [1.807, 2.05) is 0 Å². The molecular weight excluding hydrogens is 374 g/mol. The highest BCUT2D eigenvalue weighted by Crippen LogP contribution is 2.38. The van der Waals surface area contributed by atoms with Gasteiger partial charge in [-0.3, -0.25) is 0 Å². The van der Waals surface area contributed by atoms with E-state index in [2.05, 4.69) is 11.7 Å². The molecule has 2 nitrogen and oxygen atoms in total. The predicted octanol–water partition coefficient (Wildman–Crippen LogP) is 6.85. The molecular formula is C19H26F6O2. The monoisotopic (exact) mass is 400 g/mol. The molecule has 1 aromatic carbocycles. The first-order chi connectivity index (χ1) is 12.8. The van der Waals surface area contributed by atoms with Crippen LogP contribution in [0.4, 0.5) is 26.3 Å². The smallest absolute Gasteiger partial charge is 0.389 e. The summed E-state index contributed by atoms with van der Waals surface area (Å²) in [4.78, 5) is 0. The van der Waals surface area contributed by atoms with Gasteiger partial charge in [0, 0.05) is 7.11 Å². The van der Waals surface area contributed by atoms with Crippen molar-refractivity contribution in [2.24, 2.45) is 0 Å². The van der Waals surface area contributed by atoms with E-state index >= 15 is 0 Å². The number of benzene rings is 1. The standard InChI is InChI=1S/C19H26F6O2/c1-3-4-5-6-7-8-9-10-11-12-27-18-16(22)14(20)13(15(21)17(18)23)19(24,25)26-2/h3-12H2,1-2H3. The summed E-state index contributed by atoms with van der Waals surface area (Å²) in [6.07, 6.45) is 4.43. The molecule has 0 unspecified atom stereocenters. The van der Waals surface area contributed by atoms with Crippen molar-refractivity contribution in [3.8, 4) is 5.75 Å². The van der Waals surface area contributed by atoms with Crippen LogP contribution in [-0.2, 0) is 10.8 Å². The summed E-state index contributed by atoms with van der Waals surface area (Å²) >= 11 is 0. The normalized spacial score (nSPS) is 11.9. The fraction of sp³-hybridized carbons (Fsp3) is 0.684. The van der Waals surface area contributed by atoms with E-state index in [-0.39, 0.29) is 6.61 Å². The second-order valence-corrected chi connectivity index (χ2v) is 6.36. The molecule has 0 aliphatic carbocycles. The zero-order valence-electron chi connectivity index (χ0n) is 15.7. The second-order valence-electron chi connectivity index (χ2n) is 6.36. The molecule has 0 atom stereocenters. The fourth-order valence-corrected chi connectivity index (χ4v) is 2.68. The molecule has 0 spiro atoms. The molecule has 0 amide bonds. The summed E-state index contributed by atoms with van der Waals surface area (Å²) in [5, 5.41) is 0. The van der Waals surface area contributed by atoms with E-state index < -0.39 is 40.7 Å². The molecule has 1 rings (SSSR count). The Morgan fingerprint density at radius 1 is 0.704 bits per heavy atom. The third-order valence-electron chi connectivity index (χ3n) is 4.26. The van der Waals surface area contributed by atoms with Crippen LogP contribution in [0.3, 0.4) is 0 Å². The Balaban J connectivity index is 2.55. The number of methoxy groups -OCH3 is 1. The summed E-state index contributed by atoms with van der Waals surface area (Å²) < 4.78 is 90.3. The van der Waals surface area contributed by atoms with Gasteiger partial charge in [-0.15, -0.1) is 0 Å². The van der Waals surface area contributed by atoms with Crippen molar-refractivity contribution in [3.63, 3.8) is 0 Å². The number of hydrogen-bond donors (Lipinski definition) is 0. The van der Waals surface area contributed by atoms with Crippen LogP contribution in [0.15, 0.2) is 0 Å². The SMILES string of the molecule is CCCCCCCCCCCOc1c(F)c(F)c(C(F)(F)OC)c(F)c1F. The molecule has 0 bridgehead atoms. The topological polar surface area (TPSA) is 18.5 Å². The minimum Gasteiger partial charge on any atom is -0.487 e. The van der Waals surface area contributed by atoms with E-state index in [1.54, 1.807) is 0 Å². The van der Waals surface area contributed by atoms with Crippen molar-refractivity contribution in [2.75, 3.05) is 13.7 Å². The quantitative estimate of drug-likeness (QED) is 0.205. The maximum atomic E-state index is 13.9. The number of unbranched alkanes of at least 4 members (excludes halogenated alkanes) is 8. The fourth-order valence-electron chi connectivity index (χ4n) is 2.68. The van der Waals surface area contributed by atoms with Gasteiger partial charge in [0.2, 0.25) is 11.6 Å². The van der Waals surface area contributed by atoms with Gasteiger partial charge in [-0.1, -0.05) is 58.3 Å². The molecule has 0 aliphatic rings. The van der Waals surface area contributed by atoms with Crippen molar-refractivity contribution in [1.29, 1.82) is 0 Å². The molecule has 27 heavy (non-hydrogen) atoms. The highest BCUT2D eigenvalue weighted by molar-refractivity contribution is 5.36. The average Bonchev–Trinajstić information content (AvgIpc) is 2.64. The molecule has 1 aromatic rings. The Bertz CT molecular complexity index is 563. The third-order valence-corrected chi connectivity index (χ3v) is 4.26. The van der Waals surface area contributed by atoms with Gasteiger partial charge in [0.05, 0.1) is 6.61 Å². The Morgan fingerprint density at radius 3 is 1.59 bits per heavy atom. The van der Waals surface area contributed by atoms with E-state index in [0.29, 0.717) is 13.5 Å². The lowest BCUT2D eigenvalue weighted by atomic mass is 10.1. The third kappa shape index (κ3) is 6.59. The van der Waals surface area contributed by atoms with E-state index in [0.717, 1.165) is 32.1 Å². The number of alkyl halides is 2. The van der Waals surface area contributed by atoms with Crippen LogP contribution >= 0.6 is 0 Å². The summed E-state index contributed by atoms with van der Waals surface area (Å²) in [6, 6.07) is 0. The molecule has 0 aliphatic heterocycles. The van der Waals surface area contributed by atoms with Crippen LogP contribution in [0.2, 0.25) is 0 Å². The van der Waals surface area contributed by atoms with Crippen LogP contribution in [0.1, 0.15) is 70.3 Å². The molecule has 0 fully saturated rings. The van der Waals surface area contributed by atoms with E-state index in [1.165, 1.54) is 19.3 Å². The summed E-state index contributed by atoms with van der Waals surface area (Å²) in [7, 11) is 0.461. The average molecular weight is 400 g/mol. The van der Waals surface area contributed by atoms with Crippen molar-refractivity contribution >= 4 is 0 Å². The number of rotatable bonds is 13. The Morgan fingerprint density at radius 2 is 1.15 bits per heavy atom. The summed E-state index contributed by atoms with van der Waals surface area (Å²) in [5.41, 5.74) is -2.12. The predicted molar refractivity (Wildman–Crippen MR) is 89.9 cm³/mol. The van der Waals surface area contributed by atoms with Crippen LogP contribution < -0.4 is 4.74 Å². The maximum absolute atomic E-state index is 13.9. The highest BCUT2D eigenvalue weighted by atomic mass is 19.3. The lowest BCUT2D eigenvalue weighted by Gasteiger charge is -2.18. The molecule has 0 aromatic heterocycles. The van der Waals surface area contributed by atoms with Gasteiger partial charge in [-0.05, 0) is 6.42 Å². The maximum Gasteiger partial charge on any atom is 0.389 e. The molecule has 0 heterocycles. The first-order valence-corrected chi connectivity index (χ1v) is 9.20. The van der Waals surface area contributed by atoms with Gasteiger partial charge in [0.1, 0.15) is 5.56 Å². The van der Waals surface area contributed by atoms with Gasteiger partial charge < -0.3 is 9.47 Å². The van der Waals surface area contributed by atoms with Crippen molar-refractivity contribution in [2.45, 2.75) is 70.8 Å². The molecule has 0 saturated heterocycles. The minimum atomic E-state index is -4.51. The van der Waals surface area contributed by atoms with Gasteiger partial charge in [-0.25, -0.2) is 8.78 Å². The molecule has 8 heteroatoms. The number of ether oxygens (including phenoxy) is 2. The zero-order valence-corrected chi connectivity index (χ0v) is 15.7. The largest absolute Gasteiger partial charge is 0.487 e. The van der Waals surface area contributed by atoms with Crippen LogP contribution in [-0.4, -0.2) is 13.7 Å². The molecule has 0 N–H and O–H groups in total. The number of halogens is 6. The molecule has 156 valence electrons.